The first-order valence-corrected chi connectivity index (χ1v) is 6.32. The lowest BCUT2D eigenvalue weighted by molar-refractivity contribution is 0.102. The summed E-state index contributed by atoms with van der Waals surface area (Å²) in [6.45, 7) is 2.01. The smallest absolute Gasteiger partial charge is 0.268 e. The second-order valence-electron chi connectivity index (χ2n) is 3.29. The fourth-order valence-electron chi connectivity index (χ4n) is 1.37. The Morgan fingerprint density at radius 3 is 3.06 bits per heavy atom. The lowest BCUT2D eigenvalue weighted by atomic mass is 10.2. The van der Waals surface area contributed by atoms with E-state index in [1.54, 1.807) is 6.07 Å². The molecule has 88 valence electrons. The minimum absolute atomic E-state index is 0.195. The van der Waals surface area contributed by atoms with Crippen LogP contribution in [-0.2, 0) is 6.42 Å². The number of nitrogens with zero attached hydrogens (tertiary/aromatic N) is 2. The summed E-state index contributed by atoms with van der Waals surface area (Å²) in [5.74, 6) is 0.0251. The van der Waals surface area contributed by atoms with E-state index in [0.717, 1.165) is 12.0 Å². The van der Waals surface area contributed by atoms with Crippen molar-refractivity contribution in [3.8, 4) is 0 Å². The van der Waals surface area contributed by atoms with Crippen molar-refractivity contribution in [2.45, 2.75) is 13.3 Å². The van der Waals surface area contributed by atoms with Crippen LogP contribution in [0.1, 0.15) is 22.2 Å². The van der Waals surface area contributed by atoms with Gasteiger partial charge < -0.3 is 0 Å². The molecule has 6 heteroatoms. The molecule has 0 unspecified atom stereocenters. The summed E-state index contributed by atoms with van der Waals surface area (Å²) >= 11 is 7.12. The average Bonchev–Trinajstić information content (AvgIpc) is 2.77. The Kier molecular flexibility index (Phi) is 3.71. The van der Waals surface area contributed by atoms with Crippen molar-refractivity contribution in [2.75, 3.05) is 5.32 Å². The molecule has 0 saturated heterocycles. The van der Waals surface area contributed by atoms with Gasteiger partial charge in [0.1, 0.15) is 5.15 Å². The summed E-state index contributed by atoms with van der Waals surface area (Å²) in [7, 11) is 0. The molecule has 1 amide bonds. The van der Waals surface area contributed by atoms with E-state index < -0.39 is 0 Å². The van der Waals surface area contributed by atoms with Crippen LogP contribution in [0.5, 0.6) is 0 Å². The molecule has 0 saturated carbocycles. The summed E-state index contributed by atoms with van der Waals surface area (Å²) in [6.07, 6.45) is 2.32. The van der Waals surface area contributed by atoms with Crippen LogP contribution in [-0.4, -0.2) is 15.9 Å². The Hall–Kier alpha value is -1.46. The van der Waals surface area contributed by atoms with Gasteiger partial charge in [-0.1, -0.05) is 18.5 Å². The molecule has 2 aromatic rings. The molecule has 2 rings (SSSR count). The number of aryl methyl sites for hydroxylation is 1. The molecule has 0 atom stereocenters. The van der Waals surface area contributed by atoms with Crippen LogP contribution in [0.25, 0.3) is 0 Å². The molecular formula is C11H10ClN3OS. The molecule has 0 fully saturated rings. The minimum Gasteiger partial charge on any atom is -0.290 e. The number of carbonyl (C=O) groups excluding carboxylic acids is 1. The number of amides is 1. The molecule has 2 aromatic heterocycles. The number of halogens is 1. The second kappa shape index (κ2) is 5.25. The summed E-state index contributed by atoms with van der Waals surface area (Å²) in [4.78, 5) is 20.5. The van der Waals surface area contributed by atoms with Gasteiger partial charge in [0.25, 0.3) is 5.91 Å². The van der Waals surface area contributed by atoms with Crippen LogP contribution in [0.15, 0.2) is 23.7 Å². The molecule has 0 aliphatic heterocycles. The molecule has 1 N–H and O–H groups in total. The first-order valence-electron chi connectivity index (χ1n) is 5.07. The predicted octanol–water partition coefficient (Wildman–Crippen LogP) is 3.01. The van der Waals surface area contributed by atoms with Crippen molar-refractivity contribution in [1.82, 2.24) is 9.97 Å². The van der Waals surface area contributed by atoms with E-state index in [9.17, 15) is 4.79 Å². The number of nitrogens with one attached hydrogen (secondary N) is 1. The maximum Gasteiger partial charge on any atom is 0.268 e. The summed E-state index contributed by atoms with van der Waals surface area (Å²) in [5, 5.41) is 4.82. The third kappa shape index (κ3) is 2.81. The second-order valence-corrected chi connectivity index (χ2v) is 4.59. The third-order valence-corrected chi connectivity index (χ3v) is 3.35. The maximum atomic E-state index is 11.9. The molecule has 2 heterocycles. The topological polar surface area (TPSA) is 54.9 Å². The zero-order valence-corrected chi connectivity index (χ0v) is 10.7. The quantitative estimate of drug-likeness (QED) is 0.870. The van der Waals surface area contributed by atoms with Gasteiger partial charge >= 0.3 is 0 Å². The van der Waals surface area contributed by atoms with Gasteiger partial charge in [-0.05, 0) is 29.5 Å². The van der Waals surface area contributed by atoms with Crippen LogP contribution in [0.3, 0.4) is 0 Å². The third-order valence-electron chi connectivity index (χ3n) is 2.18. The standard InChI is InChI=1S/C11H10ClN3OS/c1-2-7-4-6-17-9(7)10(16)15-11-13-5-3-8(12)14-11/h3-6H,2H2,1H3,(H,13,14,15,16). The van der Waals surface area contributed by atoms with Crippen molar-refractivity contribution in [3.63, 3.8) is 0 Å². The highest BCUT2D eigenvalue weighted by molar-refractivity contribution is 7.12. The number of anilines is 1. The largest absolute Gasteiger partial charge is 0.290 e. The van der Waals surface area contributed by atoms with Gasteiger partial charge in [-0.2, -0.15) is 0 Å². The highest BCUT2D eigenvalue weighted by Crippen LogP contribution is 2.18. The van der Waals surface area contributed by atoms with Gasteiger partial charge in [-0.15, -0.1) is 11.3 Å². The Morgan fingerprint density at radius 2 is 2.35 bits per heavy atom. The van der Waals surface area contributed by atoms with E-state index in [4.69, 9.17) is 11.6 Å². The van der Waals surface area contributed by atoms with E-state index >= 15 is 0 Å². The van der Waals surface area contributed by atoms with E-state index in [2.05, 4.69) is 15.3 Å². The normalized spacial score (nSPS) is 10.2. The summed E-state index contributed by atoms with van der Waals surface area (Å²) in [5.41, 5.74) is 1.02. The molecule has 17 heavy (non-hydrogen) atoms. The van der Waals surface area contributed by atoms with Crippen molar-refractivity contribution in [1.29, 1.82) is 0 Å². The van der Waals surface area contributed by atoms with Gasteiger partial charge in [0.2, 0.25) is 5.95 Å². The lowest BCUT2D eigenvalue weighted by Gasteiger charge is -2.03. The summed E-state index contributed by atoms with van der Waals surface area (Å²) in [6, 6.07) is 3.50. The number of thiophene rings is 1. The Morgan fingerprint density at radius 1 is 1.53 bits per heavy atom. The van der Waals surface area contributed by atoms with E-state index in [1.807, 2.05) is 18.4 Å². The SMILES string of the molecule is CCc1ccsc1C(=O)Nc1nccc(Cl)n1. The van der Waals surface area contributed by atoms with Crippen LogP contribution >= 0.6 is 22.9 Å². The zero-order valence-electron chi connectivity index (χ0n) is 9.11. The molecule has 0 aromatic carbocycles. The fraction of sp³-hybridized carbons (Fsp3) is 0.182. The van der Waals surface area contributed by atoms with Crippen molar-refractivity contribution in [3.05, 3.63) is 39.3 Å². The van der Waals surface area contributed by atoms with E-state index in [1.165, 1.54) is 17.5 Å². The number of carbonyl (C=O) groups is 1. The lowest BCUT2D eigenvalue weighted by Crippen LogP contribution is -2.14. The Bertz CT molecular complexity index is 541. The fourth-order valence-corrected chi connectivity index (χ4v) is 2.40. The van der Waals surface area contributed by atoms with Gasteiger partial charge in [-0.25, -0.2) is 9.97 Å². The van der Waals surface area contributed by atoms with E-state index in [0.29, 0.717) is 10.0 Å². The van der Waals surface area contributed by atoms with Crippen molar-refractivity contribution in [2.24, 2.45) is 0 Å². The van der Waals surface area contributed by atoms with Crippen LogP contribution < -0.4 is 5.32 Å². The number of aromatic nitrogens is 2. The number of hydrogen-bond acceptors (Lipinski definition) is 4. The van der Waals surface area contributed by atoms with Gasteiger partial charge in [0, 0.05) is 6.20 Å². The van der Waals surface area contributed by atoms with Crippen LogP contribution in [0, 0.1) is 0 Å². The highest BCUT2D eigenvalue weighted by Gasteiger charge is 2.13. The maximum absolute atomic E-state index is 11.9. The van der Waals surface area contributed by atoms with Gasteiger partial charge in [0.05, 0.1) is 4.88 Å². The molecule has 4 nitrogen and oxygen atoms in total. The number of hydrogen-bond donors (Lipinski definition) is 1. The molecule has 0 radical (unpaired) electrons. The van der Waals surface area contributed by atoms with Gasteiger partial charge in [-0.3, -0.25) is 10.1 Å². The summed E-state index contributed by atoms with van der Waals surface area (Å²) < 4.78 is 0. The molecule has 0 aliphatic rings. The monoisotopic (exact) mass is 267 g/mol. The molecule has 0 spiro atoms. The van der Waals surface area contributed by atoms with Crippen LogP contribution in [0.2, 0.25) is 5.15 Å². The molecule has 0 aliphatic carbocycles. The molecular weight excluding hydrogens is 258 g/mol. The Labute approximate surface area is 108 Å². The van der Waals surface area contributed by atoms with Crippen LogP contribution in [0.4, 0.5) is 5.95 Å². The minimum atomic E-state index is -0.195. The van der Waals surface area contributed by atoms with Gasteiger partial charge in [0.15, 0.2) is 0 Å². The number of rotatable bonds is 3. The first-order chi connectivity index (χ1) is 8.20. The molecule has 0 bridgehead atoms. The Balaban J connectivity index is 2.17. The zero-order chi connectivity index (χ0) is 12.3. The average molecular weight is 268 g/mol. The highest BCUT2D eigenvalue weighted by atomic mass is 35.5. The first kappa shape index (κ1) is 12.0. The van der Waals surface area contributed by atoms with E-state index in [-0.39, 0.29) is 11.9 Å². The van der Waals surface area contributed by atoms with Crippen molar-refractivity contribution >= 4 is 34.8 Å². The predicted molar refractivity (Wildman–Crippen MR) is 68.7 cm³/mol. The van der Waals surface area contributed by atoms with Crippen molar-refractivity contribution < 1.29 is 4.79 Å².